The van der Waals surface area contributed by atoms with E-state index < -0.39 is 270 Å². The van der Waals surface area contributed by atoms with E-state index in [1.54, 1.807) is 24.5 Å². The van der Waals surface area contributed by atoms with Crippen molar-refractivity contribution < 1.29 is 204 Å². The topological polar surface area (TPSA) is 879 Å². The van der Waals surface area contributed by atoms with Gasteiger partial charge in [0.2, 0.25) is 53.2 Å². The second-order valence-electron chi connectivity index (χ2n) is 25.8. The van der Waals surface area contributed by atoms with E-state index in [1.165, 1.54) is 30.3 Å². The van der Waals surface area contributed by atoms with Gasteiger partial charge < -0.3 is 121 Å². The van der Waals surface area contributed by atoms with Gasteiger partial charge >= 0.3 is 74.4 Å². The third-order valence-corrected chi connectivity index (χ3v) is 19.5. The van der Waals surface area contributed by atoms with E-state index in [9.17, 15) is 173 Å². The molecule has 0 unspecified atom stereocenters. The number of amides is 9. The van der Waals surface area contributed by atoms with Crippen LogP contribution in [0.3, 0.4) is 0 Å². The highest BCUT2D eigenvalue weighted by atomic mass is 31.2. The maximum atomic E-state index is 14.9. The summed E-state index contributed by atoms with van der Waals surface area (Å²) in [4.78, 5) is 309. The molecule has 670 valence electrons. The highest BCUT2D eigenvalue weighted by molar-refractivity contribution is 7.49. The maximum absolute atomic E-state index is 14.9. The molecule has 0 saturated heterocycles. The van der Waals surface area contributed by atoms with Gasteiger partial charge in [-0.3, -0.25) is 95.4 Å². The van der Waals surface area contributed by atoms with Crippen LogP contribution in [0.25, 0.3) is 0 Å². The number of hydrogen-bond acceptors (Lipinski definition) is 27. The molecule has 0 aliphatic rings. The Balaban J connectivity index is 2.31. The number of aliphatic carboxylic acids is 1. The van der Waals surface area contributed by atoms with E-state index in [4.69, 9.17) is 5.73 Å². The second kappa shape index (κ2) is 46.6. The van der Waals surface area contributed by atoms with E-state index in [0.29, 0.717) is 6.92 Å². The first-order valence-electron chi connectivity index (χ1n) is 33.8. The van der Waals surface area contributed by atoms with Gasteiger partial charge in [-0.15, -0.1) is 0 Å². The fourth-order valence-electron chi connectivity index (χ4n) is 10.1. The smallest absolute Gasteiger partial charge is 0.480 e. The minimum Gasteiger partial charge on any atom is -0.480 e. The summed E-state index contributed by atoms with van der Waals surface area (Å²) in [5.74, 6) is -20.1. The zero-order chi connectivity index (χ0) is 90.7. The number of carboxylic acid groups (broad SMARTS) is 1. The largest absolute Gasteiger partial charge is 0.526 e. The highest BCUT2D eigenvalue weighted by Crippen LogP contribution is 2.42. The van der Waals surface area contributed by atoms with Crippen molar-refractivity contribution in [2.45, 2.75) is 152 Å². The molecule has 0 saturated carbocycles. The molecule has 3 aromatic carbocycles. The molecule has 0 aromatic heterocycles. The lowest BCUT2D eigenvalue weighted by atomic mass is 10.0. The summed E-state index contributed by atoms with van der Waals surface area (Å²) in [6, 6.07) is -8.11. The van der Waals surface area contributed by atoms with Crippen LogP contribution in [0.15, 0.2) is 78.9 Å². The van der Waals surface area contributed by atoms with Gasteiger partial charge in [0.15, 0.2) is 0 Å². The van der Waals surface area contributed by atoms with Gasteiger partial charge in [-0.25, -0.2) is 46.4 Å². The molecule has 0 fully saturated rings. The van der Waals surface area contributed by atoms with Crippen LogP contribution in [0, 0.1) is 5.92 Å². The standard InChI is InChI=1S/C57H89N11O43P8/c1-29(2)22-42(57(79)80)65-49(71)38(24-33-13-17-35(18-14-33)109-117(96,97)98)61-48(70)37(12-8-9-21-59-112(81,82)83)60-53(75)43(27-105-113(84,85)86)66-50(72)39(25-34-15-19-36(20-16-34)110-118(99,100)101)62-51(73)41(26-45(69)111-119(102,103)104)63-54(76)44(28-106-114(87,88)89)67-56(78)47(31(4)108-116(93,94)95)68-52(74)40(23-32-10-6-5-7-11-32)64-55(77)46(58)30(3)107-115(90,91)92/h5-7,10-11,13-20,29-31,37-44,46-47H,8-9,12,21-28,58H2,1-4H3,(H,60,75)(H,61,70)(H,62,73)(H,63,76)(H,64,77)(H,65,71)(H,66,72)(H,67,78)(H,68,74)(H,79,80)(H2,84,85,86)(H2,87,88,89)(H2,90,91,92)(H2,93,94,95)(H2,96,97,98)(H2,99,100,101)(H2,102,103,104)(H3,59,81,82,83)/t30-,31-,37+,38+,39+,40+,41+,42+,43+,44+,46+,47+/m1/s1. The van der Waals surface area contributed by atoms with Gasteiger partial charge in [0, 0.05) is 25.8 Å². The van der Waals surface area contributed by atoms with Gasteiger partial charge in [0.05, 0.1) is 31.8 Å². The summed E-state index contributed by atoms with van der Waals surface area (Å²) >= 11 is 0. The van der Waals surface area contributed by atoms with Crippen LogP contribution < -0.4 is 67.7 Å². The van der Waals surface area contributed by atoms with E-state index in [1.807, 2.05) is 21.0 Å². The predicted molar refractivity (Wildman–Crippen MR) is 396 cm³/mol. The van der Waals surface area contributed by atoms with Crippen molar-refractivity contribution in [2.24, 2.45) is 11.7 Å². The number of carbonyl (C=O) groups excluding carboxylic acids is 10. The Hall–Kier alpha value is -7.61. The quantitative estimate of drug-likeness (QED) is 0.0185. The Bertz CT molecular complexity index is 4420. The molecule has 54 nitrogen and oxygen atoms in total. The van der Waals surface area contributed by atoms with Crippen LogP contribution in [0.2, 0.25) is 0 Å². The monoisotopic (exact) mass is 1860 g/mol. The molecule has 62 heteroatoms. The molecular weight excluding hydrogens is 1770 g/mol. The summed E-state index contributed by atoms with van der Waals surface area (Å²) in [5, 5.41) is 30.0. The maximum Gasteiger partial charge on any atom is 0.526 e. The Kier molecular flexibility index (Phi) is 41.3. The lowest BCUT2D eigenvalue weighted by Crippen LogP contribution is -2.63. The Morgan fingerprint density at radius 2 is 0.731 bits per heavy atom. The Labute approximate surface area is 672 Å². The average molecular weight is 1860 g/mol. The summed E-state index contributed by atoms with van der Waals surface area (Å²) in [6.07, 6.45) is -9.78. The molecule has 29 N–H and O–H groups in total. The fraction of sp³-hybridized carbons (Fsp3) is 0.491. The first-order chi connectivity index (χ1) is 54.4. The highest BCUT2D eigenvalue weighted by Gasteiger charge is 2.42. The molecule has 3 rings (SSSR count). The summed E-state index contributed by atoms with van der Waals surface area (Å²) in [5.41, 5.74) is 5.85. The predicted octanol–water partition coefficient (Wildman–Crippen LogP) is -5.43. The molecule has 0 spiro atoms. The van der Waals surface area contributed by atoms with Crippen molar-refractivity contribution in [2.75, 3.05) is 19.8 Å². The number of nitrogens with one attached hydrogen (secondary N) is 10. The molecule has 0 bridgehead atoms. The van der Waals surface area contributed by atoms with Crippen molar-refractivity contribution in [3.8, 4) is 11.5 Å². The van der Waals surface area contributed by atoms with Crippen molar-refractivity contribution in [3.63, 3.8) is 0 Å². The Morgan fingerprint density at radius 3 is 1.13 bits per heavy atom. The number of phosphoric ester groups is 7. The number of hydrogen-bond donors (Lipinski definition) is 28. The van der Waals surface area contributed by atoms with E-state index in [0.717, 1.165) is 55.5 Å². The Morgan fingerprint density at radius 1 is 0.378 bits per heavy atom. The third kappa shape index (κ3) is 44.7. The van der Waals surface area contributed by atoms with E-state index in [2.05, 4.69) is 52.9 Å². The van der Waals surface area contributed by atoms with Gasteiger partial charge in [-0.1, -0.05) is 68.4 Å². The fourth-order valence-corrected chi connectivity index (χ4v) is 13.5. The van der Waals surface area contributed by atoms with Crippen molar-refractivity contribution in [1.29, 1.82) is 0 Å². The van der Waals surface area contributed by atoms with Gasteiger partial charge in [0.25, 0.3) is 0 Å². The first-order valence-corrected chi connectivity index (χ1v) is 46.2. The number of phosphoric acid groups is 7. The minimum atomic E-state index is -6.01. The molecule has 0 heterocycles. The second-order valence-corrected chi connectivity index (χ2v) is 35.6. The number of rotatable bonds is 52. The number of nitrogens with two attached hydrogens (primary N) is 1. The summed E-state index contributed by atoms with van der Waals surface area (Å²) < 4.78 is 126. The molecule has 9 amide bonds. The lowest BCUT2D eigenvalue weighted by molar-refractivity contribution is -0.143. The molecule has 0 aliphatic carbocycles. The van der Waals surface area contributed by atoms with E-state index >= 15 is 0 Å². The minimum absolute atomic E-state index is 0.0532. The zero-order valence-corrected chi connectivity index (χ0v) is 69.3. The normalized spacial score (nSPS) is 15.5. The van der Waals surface area contributed by atoms with E-state index in [-0.39, 0.29) is 36.0 Å². The summed E-state index contributed by atoms with van der Waals surface area (Å²) in [6.45, 7) is 0.741. The summed E-state index contributed by atoms with van der Waals surface area (Å²) in [7, 11) is -44.3. The number of unbranched alkanes of at least 4 members (excludes halogenated alkanes) is 1. The van der Waals surface area contributed by atoms with Crippen molar-refractivity contribution in [3.05, 3.63) is 95.6 Å². The molecular formula is C57H89N11O43P8. The van der Waals surface area contributed by atoms with Crippen LogP contribution in [0.4, 0.5) is 0 Å². The van der Waals surface area contributed by atoms with Crippen LogP contribution in [0.5, 0.6) is 11.5 Å². The third-order valence-electron chi connectivity index (χ3n) is 15.3. The SMILES string of the molecule is CC(C)C[C@H](NC(=O)[C@H](Cc1ccc(OP(=O)(O)O)cc1)NC(=O)[C@H](CCCCNP(=O)(O)O)NC(=O)[C@H](COP(=O)(O)O)NC(=O)[C@H](Cc1ccc(OP(=O)(O)O)cc1)NC(=O)[C@H](CC(=O)OP(=O)(O)O)NC(=O)[C@H](COP(=O)(O)O)NC(=O)[C@@H](NC(=O)[C@H](Cc1ccccc1)NC(=O)[C@@H](N)[C@@H](C)OP(=O)(O)O)[C@@H](C)OP(=O)(O)O)C(=O)O. The van der Waals surface area contributed by atoms with Crippen molar-refractivity contribution in [1.82, 2.24) is 52.9 Å². The van der Waals surface area contributed by atoms with Crippen LogP contribution in [0.1, 0.15) is 76.5 Å². The molecule has 119 heavy (non-hydrogen) atoms. The van der Waals surface area contributed by atoms with Gasteiger partial charge in [-0.2, -0.15) is 0 Å². The molecule has 0 radical (unpaired) electrons. The number of benzene rings is 3. The van der Waals surface area contributed by atoms with Crippen LogP contribution in [-0.2, 0) is 131 Å². The first kappa shape index (κ1) is 106. The number of carbonyl (C=O) groups is 11. The molecule has 12 atom stereocenters. The van der Waals surface area contributed by atoms with Gasteiger partial charge in [0.1, 0.15) is 71.9 Å². The van der Waals surface area contributed by atoms with Crippen molar-refractivity contribution >= 4 is 128 Å². The number of carboxylic acids is 1. The molecule has 3 aromatic rings. The average Bonchev–Trinajstić information content (AvgIpc) is 0.840. The van der Waals surface area contributed by atoms with Gasteiger partial charge in [-0.05, 0) is 86.4 Å². The zero-order valence-electron chi connectivity index (χ0n) is 62.2. The lowest BCUT2D eigenvalue weighted by Gasteiger charge is -2.30. The van der Waals surface area contributed by atoms with Crippen LogP contribution in [-0.4, -0.2) is 241 Å². The molecule has 0 aliphatic heterocycles. The van der Waals surface area contributed by atoms with Crippen LogP contribution >= 0.6 is 62.5 Å².